The number of hydrogen-bond acceptors (Lipinski definition) is 2. The molecule has 0 radical (unpaired) electrons. The highest BCUT2D eigenvalue weighted by Crippen LogP contribution is 2.19. The van der Waals surface area contributed by atoms with Crippen molar-refractivity contribution in [2.24, 2.45) is 5.73 Å². The zero-order valence-electron chi connectivity index (χ0n) is 12.3. The number of aryl methyl sites for hydroxylation is 1. The molecule has 0 saturated heterocycles. The summed E-state index contributed by atoms with van der Waals surface area (Å²) in [4.78, 5) is 0. The second kappa shape index (κ2) is 7.11. The van der Waals surface area contributed by atoms with Gasteiger partial charge in [0, 0.05) is 6.04 Å². The van der Waals surface area contributed by atoms with Crippen LogP contribution in [0.5, 0.6) is 5.75 Å². The van der Waals surface area contributed by atoms with Crippen molar-refractivity contribution in [1.82, 2.24) is 0 Å². The van der Waals surface area contributed by atoms with Crippen molar-refractivity contribution in [3.63, 3.8) is 0 Å². The highest BCUT2D eigenvalue weighted by Gasteiger charge is 2.03. The van der Waals surface area contributed by atoms with Gasteiger partial charge in [-0.1, -0.05) is 50.2 Å². The van der Waals surface area contributed by atoms with Crippen LogP contribution in [0.25, 0.3) is 0 Å². The molecule has 0 bridgehead atoms. The molecular weight excluding hydrogens is 246 g/mol. The van der Waals surface area contributed by atoms with Crippen LogP contribution in [0.3, 0.4) is 0 Å². The zero-order valence-corrected chi connectivity index (χ0v) is 12.3. The van der Waals surface area contributed by atoms with Gasteiger partial charge in [0.2, 0.25) is 0 Å². The SMILES string of the molecule is CCc1ccc(COc2ccc([C@@H](N)CC)cc2)cc1. The van der Waals surface area contributed by atoms with E-state index in [9.17, 15) is 0 Å². The summed E-state index contributed by atoms with van der Waals surface area (Å²) in [5.74, 6) is 0.886. The summed E-state index contributed by atoms with van der Waals surface area (Å²) < 4.78 is 5.79. The monoisotopic (exact) mass is 269 g/mol. The molecule has 2 heteroatoms. The Bertz CT molecular complexity index is 516. The fourth-order valence-corrected chi connectivity index (χ4v) is 2.08. The maximum Gasteiger partial charge on any atom is 0.119 e. The van der Waals surface area contributed by atoms with Crippen LogP contribution >= 0.6 is 0 Å². The fourth-order valence-electron chi connectivity index (χ4n) is 2.08. The van der Waals surface area contributed by atoms with Gasteiger partial charge in [0.25, 0.3) is 0 Å². The summed E-state index contributed by atoms with van der Waals surface area (Å²) in [6.07, 6.45) is 2.02. The van der Waals surface area contributed by atoms with Crippen LogP contribution in [-0.4, -0.2) is 0 Å². The molecule has 20 heavy (non-hydrogen) atoms. The first-order chi connectivity index (χ1) is 9.72. The van der Waals surface area contributed by atoms with Gasteiger partial charge >= 0.3 is 0 Å². The van der Waals surface area contributed by atoms with Gasteiger partial charge in [-0.25, -0.2) is 0 Å². The van der Waals surface area contributed by atoms with Gasteiger partial charge in [-0.15, -0.1) is 0 Å². The van der Waals surface area contributed by atoms with Crippen molar-refractivity contribution in [1.29, 1.82) is 0 Å². The minimum absolute atomic E-state index is 0.116. The Labute approximate surface area is 121 Å². The normalized spacial score (nSPS) is 12.2. The van der Waals surface area contributed by atoms with E-state index in [2.05, 4.69) is 38.1 Å². The van der Waals surface area contributed by atoms with Crippen molar-refractivity contribution in [2.75, 3.05) is 0 Å². The molecule has 0 aliphatic heterocycles. The van der Waals surface area contributed by atoms with Crippen molar-refractivity contribution in [2.45, 2.75) is 39.3 Å². The molecule has 0 heterocycles. The van der Waals surface area contributed by atoms with E-state index in [0.717, 1.165) is 24.2 Å². The lowest BCUT2D eigenvalue weighted by atomic mass is 10.1. The lowest BCUT2D eigenvalue weighted by Gasteiger charge is -2.11. The third kappa shape index (κ3) is 3.84. The largest absolute Gasteiger partial charge is 0.489 e. The number of nitrogens with two attached hydrogens (primary N) is 1. The van der Waals surface area contributed by atoms with E-state index >= 15 is 0 Å². The van der Waals surface area contributed by atoms with Gasteiger partial charge in [0.05, 0.1) is 0 Å². The summed E-state index contributed by atoms with van der Waals surface area (Å²) >= 11 is 0. The first kappa shape index (κ1) is 14.6. The maximum absolute atomic E-state index is 6.00. The Hall–Kier alpha value is -1.80. The van der Waals surface area contributed by atoms with Gasteiger partial charge in [-0.05, 0) is 41.7 Å². The van der Waals surface area contributed by atoms with E-state index in [1.165, 1.54) is 11.1 Å². The Kier molecular flexibility index (Phi) is 5.19. The van der Waals surface area contributed by atoms with E-state index in [1.54, 1.807) is 0 Å². The topological polar surface area (TPSA) is 35.2 Å². The third-order valence-corrected chi connectivity index (χ3v) is 3.58. The van der Waals surface area contributed by atoms with Crippen molar-refractivity contribution in [3.8, 4) is 5.75 Å². The summed E-state index contributed by atoms with van der Waals surface area (Å²) in [5.41, 5.74) is 9.70. The summed E-state index contributed by atoms with van der Waals surface area (Å²) in [6, 6.07) is 16.7. The lowest BCUT2D eigenvalue weighted by Crippen LogP contribution is -2.08. The first-order valence-corrected chi connectivity index (χ1v) is 7.29. The summed E-state index contributed by atoms with van der Waals surface area (Å²) in [6.45, 7) is 4.85. The third-order valence-electron chi connectivity index (χ3n) is 3.58. The molecule has 2 nitrogen and oxygen atoms in total. The number of rotatable bonds is 6. The average Bonchev–Trinajstić information content (AvgIpc) is 2.53. The van der Waals surface area contributed by atoms with Crippen LogP contribution in [-0.2, 0) is 13.0 Å². The molecule has 0 saturated carbocycles. The number of ether oxygens (including phenoxy) is 1. The molecule has 2 N–H and O–H groups in total. The molecule has 0 fully saturated rings. The van der Waals surface area contributed by atoms with Crippen LogP contribution in [0.4, 0.5) is 0 Å². The van der Waals surface area contributed by atoms with E-state index in [1.807, 2.05) is 24.3 Å². The maximum atomic E-state index is 6.00. The Balaban J connectivity index is 1.93. The van der Waals surface area contributed by atoms with Gasteiger partial charge in [-0.3, -0.25) is 0 Å². The molecule has 0 aliphatic rings. The van der Waals surface area contributed by atoms with Crippen molar-refractivity contribution >= 4 is 0 Å². The molecule has 0 aliphatic carbocycles. The van der Waals surface area contributed by atoms with Crippen molar-refractivity contribution in [3.05, 3.63) is 65.2 Å². The predicted molar refractivity (Wildman–Crippen MR) is 83.8 cm³/mol. The molecule has 0 aromatic heterocycles. The highest BCUT2D eigenvalue weighted by atomic mass is 16.5. The number of hydrogen-bond donors (Lipinski definition) is 1. The first-order valence-electron chi connectivity index (χ1n) is 7.29. The molecule has 0 spiro atoms. The number of benzene rings is 2. The molecule has 0 unspecified atom stereocenters. The predicted octanol–water partition coefficient (Wildman–Crippen LogP) is 4.24. The summed E-state index contributed by atoms with van der Waals surface area (Å²) in [7, 11) is 0. The standard InChI is InChI=1S/C18H23NO/c1-3-14-5-7-15(8-6-14)13-20-17-11-9-16(10-12-17)18(19)4-2/h5-12,18H,3-4,13,19H2,1-2H3/t18-/m0/s1. The Morgan fingerprint density at radius 1 is 0.900 bits per heavy atom. The van der Waals surface area contributed by atoms with Gasteiger partial charge in [0.1, 0.15) is 12.4 Å². The summed E-state index contributed by atoms with van der Waals surface area (Å²) in [5, 5.41) is 0. The van der Waals surface area contributed by atoms with E-state index in [4.69, 9.17) is 10.5 Å². The second-order valence-corrected chi connectivity index (χ2v) is 5.04. The molecule has 2 aromatic carbocycles. The van der Waals surface area contributed by atoms with Gasteiger partial charge < -0.3 is 10.5 Å². The second-order valence-electron chi connectivity index (χ2n) is 5.04. The van der Waals surface area contributed by atoms with Crippen LogP contribution in [0, 0.1) is 0 Å². The smallest absolute Gasteiger partial charge is 0.119 e. The average molecular weight is 269 g/mol. The van der Waals surface area contributed by atoms with Crippen LogP contribution in [0.15, 0.2) is 48.5 Å². The van der Waals surface area contributed by atoms with Gasteiger partial charge in [0.15, 0.2) is 0 Å². The highest BCUT2D eigenvalue weighted by molar-refractivity contribution is 5.29. The van der Waals surface area contributed by atoms with E-state index in [-0.39, 0.29) is 6.04 Å². The van der Waals surface area contributed by atoms with Crippen LogP contribution < -0.4 is 10.5 Å². The Morgan fingerprint density at radius 3 is 2.05 bits per heavy atom. The van der Waals surface area contributed by atoms with E-state index < -0.39 is 0 Å². The minimum atomic E-state index is 0.116. The van der Waals surface area contributed by atoms with E-state index in [0.29, 0.717) is 6.61 Å². The quantitative estimate of drug-likeness (QED) is 0.851. The lowest BCUT2D eigenvalue weighted by molar-refractivity contribution is 0.306. The fraction of sp³-hybridized carbons (Fsp3) is 0.333. The molecule has 2 aromatic rings. The van der Waals surface area contributed by atoms with Crippen molar-refractivity contribution < 1.29 is 4.74 Å². The van der Waals surface area contributed by atoms with Crippen LogP contribution in [0.1, 0.15) is 43.0 Å². The molecule has 106 valence electrons. The molecule has 2 rings (SSSR count). The molecular formula is C18H23NO. The molecule has 0 amide bonds. The molecule has 1 atom stereocenters. The zero-order chi connectivity index (χ0) is 14.4. The Morgan fingerprint density at radius 2 is 1.50 bits per heavy atom. The minimum Gasteiger partial charge on any atom is -0.489 e. The van der Waals surface area contributed by atoms with Gasteiger partial charge in [-0.2, -0.15) is 0 Å². The van der Waals surface area contributed by atoms with Crippen LogP contribution in [0.2, 0.25) is 0 Å².